The quantitative estimate of drug-likeness (QED) is 0.406. The van der Waals surface area contributed by atoms with Gasteiger partial charge in [-0.2, -0.15) is 0 Å². The Kier molecular flexibility index (Phi) is 7.25. The Bertz CT molecular complexity index is 473. The number of benzene rings is 1. The number of hydrogen-bond donors (Lipinski definition) is 2. The van der Waals surface area contributed by atoms with Gasteiger partial charge in [0.05, 0.1) is 11.5 Å². The van der Waals surface area contributed by atoms with Crippen molar-refractivity contribution in [1.29, 1.82) is 0 Å². The van der Waals surface area contributed by atoms with Gasteiger partial charge in [-0.15, -0.1) is 0 Å². The number of nitrogens with one attached hydrogen (secondary N) is 1. The van der Waals surface area contributed by atoms with Crippen molar-refractivity contribution in [3.8, 4) is 0 Å². The number of anilines is 1. The van der Waals surface area contributed by atoms with Crippen molar-refractivity contribution in [3.05, 3.63) is 34.4 Å². The number of hydrogen-bond acceptors (Lipinski definition) is 6. The third-order valence-electron chi connectivity index (χ3n) is 4.19. The van der Waals surface area contributed by atoms with E-state index >= 15 is 0 Å². The van der Waals surface area contributed by atoms with Crippen LogP contribution in [0.25, 0.3) is 0 Å². The first-order valence-electron chi connectivity index (χ1n) is 8.23. The van der Waals surface area contributed by atoms with E-state index in [4.69, 9.17) is 5.11 Å². The molecule has 0 radical (unpaired) electrons. The normalized spacial score (nSPS) is 16.4. The second-order valence-corrected chi connectivity index (χ2v) is 5.84. The third-order valence-corrected chi connectivity index (χ3v) is 4.19. The van der Waals surface area contributed by atoms with Gasteiger partial charge in [-0.05, 0) is 31.5 Å². The molecule has 1 saturated heterocycles. The summed E-state index contributed by atoms with van der Waals surface area (Å²) in [6, 6.07) is 6.54. The number of non-ortho nitro benzene ring substituents is 1. The molecule has 0 bridgehead atoms. The van der Waals surface area contributed by atoms with Crippen LogP contribution >= 0.6 is 0 Å². The Labute approximate surface area is 137 Å². The molecule has 1 aliphatic rings. The van der Waals surface area contributed by atoms with Crippen molar-refractivity contribution in [2.45, 2.75) is 12.8 Å². The molecule has 0 aromatic heterocycles. The van der Waals surface area contributed by atoms with Crippen LogP contribution in [0.1, 0.15) is 12.8 Å². The zero-order chi connectivity index (χ0) is 16.5. The molecule has 0 unspecified atom stereocenters. The predicted molar refractivity (Wildman–Crippen MR) is 90.8 cm³/mol. The van der Waals surface area contributed by atoms with Crippen LogP contribution in [-0.2, 0) is 0 Å². The summed E-state index contributed by atoms with van der Waals surface area (Å²) in [5, 5.41) is 22.8. The van der Waals surface area contributed by atoms with Gasteiger partial charge in [-0.3, -0.25) is 15.0 Å². The molecular formula is C16H26N4O3. The second-order valence-electron chi connectivity index (χ2n) is 5.84. The van der Waals surface area contributed by atoms with E-state index in [1.807, 2.05) is 0 Å². The summed E-state index contributed by atoms with van der Waals surface area (Å²) in [6.07, 6.45) is 2.22. The maximum absolute atomic E-state index is 10.6. The highest BCUT2D eigenvalue weighted by atomic mass is 16.6. The molecule has 1 aliphatic heterocycles. The fraction of sp³-hybridized carbons (Fsp3) is 0.625. The van der Waals surface area contributed by atoms with Gasteiger partial charge in [0.2, 0.25) is 0 Å². The highest BCUT2D eigenvalue weighted by molar-refractivity contribution is 5.48. The van der Waals surface area contributed by atoms with E-state index < -0.39 is 0 Å². The summed E-state index contributed by atoms with van der Waals surface area (Å²) in [6.45, 7) is 7.26. The molecular weight excluding hydrogens is 296 g/mol. The lowest BCUT2D eigenvalue weighted by molar-refractivity contribution is -0.384. The number of piperazine rings is 1. The Morgan fingerprint density at radius 3 is 2.22 bits per heavy atom. The number of nitro groups is 1. The lowest BCUT2D eigenvalue weighted by Gasteiger charge is -2.34. The van der Waals surface area contributed by atoms with Crippen LogP contribution in [0.3, 0.4) is 0 Å². The van der Waals surface area contributed by atoms with Gasteiger partial charge in [-0.1, -0.05) is 0 Å². The van der Waals surface area contributed by atoms with Gasteiger partial charge < -0.3 is 15.3 Å². The van der Waals surface area contributed by atoms with Crippen molar-refractivity contribution in [3.63, 3.8) is 0 Å². The molecule has 1 fully saturated rings. The Balaban J connectivity index is 1.55. The molecule has 1 heterocycles. The van der Waals surface area contributed by atoms with Gasteiger partial charge in [0, 0.05) is 57.1 Å². The van der Waals surface area contributed by atoms with Crippen molar-refractivity contribution in [1.82, 2.24) is 9.80 Å². The summed E-state index contributed by atoms with van der Waals surface area (Å²) in [7, 11) is 0. The number of nitrogens with zero attached hydrogens (tertiary/aromatic N) is 3. The molecule has 0 spiro atoms. The molecule has 7 heteroatoms. The van der Waals surface area contributed by atoms with Crippen LogP contribution in [-0.4, -0.2) is 72.2 Å². The van der Waals surface area contributed by atoms with Gasteiger partial charge in [-0.25, -0.2) is 0 Å². The monoisotopic (exact) mass is 322 g/mol. The topological polar surface area (TPSA) is 81.9 Å². The number of nitro benzene ring substituents is 1. The fourth-order valence-corrected chi connectivity index (χ4v) is 2.77. The molecule has 1 aromatic carbocycles. The first kappa shape index (κ1) is 17.7. The molecule has 0 amide bonds. The van der Waals surface area contributed by atoms with Crippen LogP contribution in [0.15, 0.2) is 24.3 Å². The average Bonchev–Trinajstić information content (AvgIpc) is 2.57. The van der Waals surface area contributed by atoms with E-state index in [9.17, 15) is 10.1 Å². The summed E-state index contributed by atoms with van der Waals surface area (Å²) in [4.78, 5) is 15.0. The summed E-state index contributed by atoms with van der Waals surface area (Å²) in [5.74, 6) is 0. The summed E-state index contributed by atoms with van der Waals surface area (Å²) in [5.41, 5.74) is 1.05. The van der Waals surface area contributed by atoms with Crippen molar-refractivity contribution in [2.24, 2.45) is 0 Å². The van der Waals surface area contributed by atoms with Crippen molar-refractivity contribution >= 4 is 11.4 Å². The van der Waals surface area contributed by atoms with E-state index in [0.717, 1.165) is 64.3 Å². The first-order valence-corrected chi connectivity index (χ1v) is 8.23. The highest BCUT2D eigenvalue weighted by Gasteiger charge is 2.15. The van der Waals surface area contributed by atoms with Gasteiger partial charge in [0.1, 0.15) is 0 Å². The molecule has 7 nitrogen and oxygen atoms in total. The predicted octanol–water partition coefficient (Wildman–Crippen LogP) is 1.40. The molecule has 0 saturated carbocycles. The minimum absolute atomic E-state index is 0.121. The standard InChI is InChI=1S/C16H26N4O3/c21-14-13-19-11-9-18(10-12-19)8-2-1-7-17-15-3-5-16(6-4-15)20(22)23/h3-6,17,21H,1-2,7-14H2. The smallest absolute Gasteiger partial charge is 0.269 e. The van der Waals surface area contributed by atoms with E-state index in [1.165, 1.54) is 12.1 Å². The van der Waals surface area contributed by atoms with Gasteiger partial charge in [0.15, 0.2) is 0 Å². The van der Waals surface area contributed by atoms with Gasteiger partial charge >= 0.3 is 0 Å². The van der Waals surface area contributed by atoms with Crippen LogP contribution < -0.4 is 5.32 Å². The van der Waals surface area contributed by atoms with Crippen LogP contribution in [0, 0.1) is 10.1 Å². The first-order chi connectivity index (χ1) is 11.2. The lowest BCUT2D eigenvalue weighted by Crippen LogP contribution is -2.47. The molecule has 2 rings (SSSR count). The number of aliphatic hydroxyl groups excluding tert-OH is 1. The van der Waals surface area contributed by atoms with Crippen molar-refractivity contribution < 1.29 is 10.0 Å². The Hall–Kier alpha value is -1.70. The number of rotatable bonds is 9. The number of unbranched alkanes of at least 4 members (excludes halogenated alkanes) is 1. The van der Waals surface area contributed by atoms with E-state index in [-0.39, 0.29) is 17.2 Å². The molecule has 128 valence electrons. The average molecular weight is 322 g/mol. The fourth-order valence-electron chi connectivity index (χ4n) is 2.77. The maximum Gasteiger partial charge on any atom is 0.269 e. The third kappa shape index (κ3) is 6.13. The van der Waals surface area contributed by atoms with E-state index in [1.54, 1.807) is 12.1 Å². The minimum atomic E-state index is -0.385. The molecule has 1 aromatic rings. The highest BCUT2D eigenvalue weighted by Crippen LogP contribution is 2.15. The largest absolute Gasteiger partial charge is 0.395 e. The zero-order valence-electron chi connectivity index (χ0n) is 13.5. The lowest BCUT2D eigenvalue weighted by atomic mass is 10.2. The Morgan fingerprint density at radius 2 is 1.65 bits per heavy atom. The molecule has 23 heavy (non-hydrogen) atoms. The summed E-state index contributed by atoms with van der Waals surface area (Å²) < 4.78 is 0. The number of β-amino-alcohol motifs (C(OH)–C–C–N with tert-alkyl or cyclic N) is 1. The van der Waals surface area contributed by atoms with E-state index in [2.05, 4.69) is 15.1 Å². The Morgan fingerprint density at radius 1 is 1.04 bits per heavy atom. The molecule has 0 atom stereocenters. The molecule has 2 N–H and O–H groups in total. The zero-order valence-corrected chi connectivity index (χ0v) is 13.5. The molecule has 0 aliphatic carbocycles. The summed E-state index contributed by atoms with van der Waals surface area (Å²) >= 11 is 0. The minimum Gasteiger partial charge on any atom is -0.395 e. The maximum atomic E-state index is 10.6. The van der Waals surface area contributed by atoms with Crippen LogP contribution in [0.2, 0.25) is 0 Å². The van der Waals surface area contributed by atoms with Crippen LogP contribution in [0.4, 0.5) is 11.4 Å². The van der Waals surface area contributed by atoms with E-state index in [0.29, 0.717) is 0 Å². The number of aliphatic hydroxyl groups is 1. The SMILES string of the molecule is O=[N+]([O-])c1ccc(NCCCCN2CCN(CCO)CC2)cc1. The van der Waals surface area contributed by atoms with Crippen LogP contribution in [0.5, 0.6) is 0 Å². The van der Waals surface area contributed by atoms with Crippen molar-refractivity contribution in [2.75, 3.05) is 57.7 Å². The van der Waals surface area contributed by atoms with Gasteiger partial charge in [0.25, 0.3) is 5.69 Å². The second kappa shape index (κ2) is 9.44.